The highest BCUT2D eigenvalue weighted by molar-refractivity contribution is 7.85. The van der Waals surface area contributed by atoms with Crippen LogP contribution in [0.5, 0.6) is 5.75 Å². The smallest absolute Gasteiger partial charge is 0.300 e. The van der Waals surface area contributed by atoms with Crippen molar-refractivity contribution in [2.45, 2.75) is 18.2 Å². The molecule has 0 fully saturated rings. The van der Waals surface area contributed by atoms with Crippen molar-refractivity contribution in [2.24, 2.45) is 0 Å². The number of rotatable bonds is 5. The van der Waals surface area contributed by atoms with Crippen LogP contribution in [0.25, 0.3) is 11.2 Å². The summed E-state index contributed by atoms with van der Waals surface area (Å²) in [5.74, 6) is 0.338. The van der Waals surface area contributed by atoms with E-state index >= 15 is 0 Å². The Morgan fingerprint density at radius 3 is 2.76 bits per heavy atom. The molecule has 17 heavy (non-hydrogen) atoms. The molecule has 0 N–H and O–H groups in total. The first kappa shape index (κ1) is 11.6. The molecule has 1 atom stereocenters. The molecule has 0 saturated carbocycles. The van der Waals surface area contributed by atoms with Crippen molar-refractivity contribution in [3.63, 3.8) is 0 Å². The van der Waals surface area contributed by atoms with Crippen LogP contribution in [0.2, 0.25) is 0 Å². The van der Waals surface area contributed by atoms with Crippen molar-refractivity contribution in [1.29, 1.82) is 0 Å². The lowest BCUT2D eigenvalue weighted by atomic mass is 10.5. The first-order valence-corrected chi connectivity index (χ1v) is 6.14. The van der Waals surface area contributed by atoms with Crippen molar-refractivity contribution >= 4 is 22.0 Å². The minimum atomic E-state index is -1.24. The standard InChI is InChI=1S/C9H9NO6S/c1-2-3-17(13)7-5-15-8-6(16-10(11)12)4-14-9(7)8/h4-5H,2-3H2,1H3/t17-/m1/s1. The maximum absolute atomic E-state index is 11.8. The average molecular weight is 259 g/mol. The molecule has 2 heterocycles. The fourth-order valence-electron chi connectivity index (χ4n) is 1.37. The number of nitrogens with zero attached hydrogens (tertiary/aromatic N) is 1. The number of hydrogen-bond donors (Lipinski definition) is 0. The first-order valence-electron chi connectivity index (χ1n) is 4.83. The molecule has 2 rings (SSSR count). The Hall–Kier alpha value is -1.83. The zero-order valence-electron chi connectivity index (χ0n) is 8.87. The molecule has 0 aliphatic heterocycles. The molecule has 92 valence electrons. The number of hydrogen-bond acceptors (Lipinski definition) is 6. The van der Waals surface area contributed by atoms with Crippen molar-refractivity contribution in [3.8, 4) is 5.75 Å². The quantitative estimate of drug-likeness (QED) is 0.602. The summed E-state index contributed by atoms with van der Waals surface area (Å²) < 4.78 is 21.9. The molecule has 0 amide bonds. The summed E-state index contributed by atoms with van der Waals surface area (Å²) >= 11 is 0. The van der Waals surface area contributed by atoms with E-state index in [0.717, 1.165) is 12.7 Å². The molecule has 0 aliphatic carbocycles. The molecule has 0 radical (unpaired) electrons. The maximum Gasteiger partial charge on any atom is 0.300 e. The van der Waals surface area contributed by atoms with Crippen molar-refractivity contribution < 1.29 is 23.0 Å². The van der Waals surface area contributed by atoms with Gasteiger partial charge in [-0.3, -0.25) is 9.05 Å². The highest BCUT2D eigenvalue weighted by Gasteiger charge is 2.20. The fourth-order valence-corrected chi connectivity index (χ4v) is 2.47. The Morgan fingerprint density at radius 1 is 1.41 bits per heavy atom. The van der Waals surface area contributed by atoms with Gasteiger partial charge in [-0.2, -0.15) is 0 Å². The van der Waals surface area contributed by atoms with Gasteiger partial charge >= 0.3 is 0 Å². The molecule has 0 saturated heterocycles. The highest BCUT2D eigenvalue weighted by atomic mass is 32.2. The summed E-state index contributed by atoms with van der Waals surface area (Å²) in [5.41, 5.74) is 0.329. The van der Waals surface area contributed by atoms with Gasteiger partial charge in [0.05, 0.1) is 10.8 Å². The summed E-state index contributed by atoms with van der Waals surface area (Å²) in [5, 5.41) is 9.23. The molecule has 7 nitrogen and oxygen atoms in total. The average Bonchev–Trinajstić information content (AvgIpc) is 2.80. The van der Waals surface area contributed by atoms with E-state index in [9.17, 15) is 14.3 Å². The minimum absolute atomic E-state index is 0.0983. The molecule has 0 aromatic carbocycles. The maximum atomic E-state index is 11.8. The molecular weight excluding hydrogens is 250 g/mol. The zero-order chi connectivity index (χ0) is 12.4. The lowest BCUT2D eigenvalue weighted by Gasteiger charge is -1.93. The monoisotopic (exact) mass is 259 g/mol. The van der Waals surface area contributed by atoms with E-state index in [1.54, 1.807) is 0 Å². The molecular formula is C9H9NO6S. The molecule has 0 unspecified atom stereocenters. The van der Waals surface area contributed by atoms with Crippen LogP contribution in [0.4, 0.5) is 0 Å². The predicted octanol–water partition coefficient (Wildman–Crippen LogP) is 2.11. The Kier molecular flexibility index (Phi) is 3.14. The minimum Gasteiger partial charge on any atom is -0.457 e. The van der Waals surface area contributed by atoms with E-state index in [4.69, 9.17) is 8.83 Å². The second-order valence-corrected chi connectivity index (χ2v) is 4.76. The van der Waals surface area contributed by atoms with E-state index in [-0.39, 0.29) is 16.9 Å². The number of furan rings is 2. The Bertz CT molecular complexity index is 571. The largest absolute Gasteiger partial charge is 0.457 e. The second-order valence-electron chi connectivity index (χ2n) is 3.22. The van der Waals surface area contributed by atoms with Crippen LogP contribution in [0, 0.1) is 10.1 Å². The van der Waals surface area contributed by atoms with Crippen LogP contribution < -0.4 is 4.84 Å². The summed E-state index contributed by atoms with van der Waals surface area (Å²) in [6, 6.07) is 0. The molecule has 2 aromatic rings. The fraction of sp³-hybridized carbons (Fsp3) is 0.333. The summed E-state index contributed by atoms with van der Waals surface area (Å²) in [7, 11) is -1.24. The van der Waals surface area contributed by atoms with Crippen LogP contribution in [0.3, 0.4) is 0 Å². The molecule has 8 heteroatoms. The molecule has 0 spiro atoms. The Balaban J connectivity index is 2.39. The first-order chi connectivity index (χ1) is 8.13. The SMILES string of the molecule is CCC[S@@](=O)c1coc2c(O[N+](=O)[O-])coc12. The van der Waals surface area contributed by atoms with Crippen LogP contribution >= 0.6 is 0 Å². The van der Waals surface area contributed by atoms with Crippen LogP contribution in [-0.2, 0) is 10.8 Å². The van der Waals surface area contributed by atoms with E-state index in [0.29, 0.717) is 10.6 Å². The summed E-state index contributed by atoms with van der Waals surface area (Å²) in [6.07, 6.45) is 3.08. The van der Waals surface area contributed by atoms with Gasteiger partial charge in [-0.25, -0.2) is 0 Å². The van der Waals surface area contributed by atoms with E-state index in [2.05, 4.69) is 4.84 Å². The van der Waals surface area contributed by atoms with Crippen molar-refractivity contribution in [3.05, 3.63) is 22.6 Å². The Labute approximate surface area is 97.9 Å². The van der Waals surface area contributed by atoms with E-state index < -0.39 is 15.9 Å². The van der Waals surface area contributed by atoms with E-state index in [1.807, 2.05) is 6.92 Å². The van der Waals surface area contributed by atoms with Crippen LogP contribution in [0.15, 0.2) is 26.3 Å². The van der Waals surface area contributed by atoms with Gasteiger partial charge in [-0.05, 0) is 6.42 Å². The van der Waals surface area contributed by atoms with Gasteiger partial charge < -0.3 is 8.83 Å². The van der Waals surface area contributed by atoms with Crippen molar-refractivity contribution in [1.82, 2.24) is 0 Å². The van der Waals surface area contributed by atoms with Gasteiger partial charge in [0.2, 0.25) is 11.3 Å². The third-order valence-corrected chi connectivity index (χ3v) is 3.58. The number of fused-ring (bicyclic) bond motifs is 1. The van der Waals surface area contributed by atoms with Crippen LogP contribution in [-0.4, -0.2) is 15.0 Å². The summed E-state index contributed by atoms with van der Waals surface area (Å²) in [6.45, 7) is 1.90. The normalized spacial score (nSPS) is 12.8. The second kappa shape index (κ2) is 4.58. The third kappa shape index (κ3) is 2.16. The van der Waals surface area contributed by atoms with Gasteiger partial charge in [0.15, 0.2) is 5.58 Å². The summed E-state index contributed by atoms with van der Waals surface area (Å²) in [4.78, 5) is 14.8. The highest BCUT2D eigenvalue weighted by Crippen LogP contribution is 2.33. The van der Waals surface area contributed by atoms with Gasteiger partial charge in [0, 0.05) is 5.75 Å². The van der Waals surface area contributed by atoms with Gasteiger partial charge in [0.25, 0.3) is 5.09 Å². The van der Waals surface area contributed by atoms with Crippen LogP contribution in [0.1, 0.15) is 13.3 Å². The molecule has 0 bridgehead atoms. The van der Waals surface area contributed by atoms with E-state index in [1.165, 1.54) is 6.26 Å². The predicted molar refractivity (Wildman–Crippen MR) is 57.7 cm³/mol. The topological polar surface area (TPSA) is 95.7 Å². The molecule has 2 aromatic heterocycles. The zero-order valence-corrected chi connectivity index (χ0v) is 9.69. The van der Waals surface area contributed by atoms with Gasteiger partial charge in [0.1, 0.15) is 17.4 Å². The van der Waals surface area contributed by atoms with Gasteiger partial charge in [-0.15, -0.1) is 10.1 Å². The lowest BCUT2D eigenvalue weighted by Crippen LogP contribution is -2.02. The third-order valence-electron chi connectivity index (χ3n) is 2.03. The Morgan fingerprint density at radius 2 is 2.12 bits per heavy atom. The van der Waals surface area contributed by atoms with Crippen molar-refractivity contribution in [2.75, 3.05) is 5.75 Å². The lowest BCUT2D eigenvalue weighted by molar-refractivity contribution is -0.710. The van der Waals surface area contributed by atoms with Gasteiger partial charge in [-0.1, -0.05) is 6.92 Å². The molecule has 0 aliphatic rings.